The quantitative estimate of drug-likeness (QED) is 0.527. The van der Waals surface area contributed by atoms with Gasteiger partial charge in [0.05, 0.1) is 18.8 Å². The predicted molar refractivity (Wildman–Crippen MR) is 125 cm³/mol. The zero-order valence-electron chi connectivity index (χ0n) is 18.8. The van der Waals surface area contributed by atoms with Crippen molar-refractivity contribution in [2.45, 2.75) is 45.6 Å². The summed E-state index contributed by atoms with van der Waals surface area (Å²) in [7, 11) is 0. The highest BCUT2D eigenvalue weighted by Crippen LogP contribution is 2.34. The number of likely N-dealkylation sites (N-methyl/N-ethyl adjacent to an activating group) is 1. The third kappa shape index (κ3) is 4.76. The maximum Gasteiger partial charge on any atom is 0.185 e. The Balaban J connectivity index is 2.07. The second-order valence-electron chi connectivity index (χ2n) is 8.06. The van der Waals surface area contributed by atoms with Crippen molar-refractivity contribution in [3.63, 3.8) is 0 Å². The highest BCUT2D eigenvalue weighted by atomic mass is 16.5. The van der Waals surface area contributed by atoms with E-state index in [9.17, 15) is 4.79 Å². The molecule has 0 bridgehead atoms. The summed E-state index contributed by atoms with van der Waals surface area (Å²) < 4.78 is 5.54. The number of carbonyl (C=O) groups excluding carboxylic acids is 1. The van der Waals surface area contributed by atoms with E-state index in [2.05, 4.69) is 60.9 Å². The zero-order chi connectivity index (χ0) is 21.4. The standard InChI is InChI=1S/C26H36N2O2/c1-4-16-26(28(5-2)6-3,21-22-12-8-7-9-13-22)25(29)23-14-10-11-15-24(23)27-17-19-30-20-18-27/h7-15H,4-6,16-21H2,1-3H3. The molecule has 3 rings (SSSR count). The van der Waals surface area contributed by atoms with Gasteiger partial charge in [0.25, 0.3) is 0 Å². The van der Waals surface area contributed by atoms with E-state index in [0.717, 1.165) is 56.7 Å². The number of ether oxygens (including phenoxy) is 1. The maximum absolute atomic E-state index is 14.4. The first-order valence-electron chi connectivity index (χ1n) is 11.4. The largest absolute Gasteiger partial charge is 0.378 e. The molecule has 1 fully saturated rings. The number of benzene rings is 2. The summed E-state index contributed by atoms with van der Waals surface area (Å²) in [5.74, 6) is 0.249. The fourth-order valence-corrected chi connectivity index (χ4v) is 4.87. The Kier molecular flexibility index (Phi) is 8.06. The lowest BCUT2D eigenvalue weighted by Gasteiger charge is -2.43. The number of ketones is 1. The lowest BCUT2D eigenvalue weighted by molar-refractivity contribution is 0.0528. The van der Waals surface area contributed by atoms with Crippen LogP contribution >= 0.6 is 0 Å². The molecule has 0 amide bonds. The first-order valence-corrected chi connectivity index (χ1v) is 11.4. The molecule has 4 nitrogen and oxygen atoms in total. The van der Waals surface area contributed by atoms with E-state index < -0.39 is 5.54 Å². The van der Waals surface area contributed by atoms with Gasteiger partial charge in [0, 0.05) is 24.3 Å². The topological polar surface area (TPSA) is 32.8 Å². The summed E-state index contributed by atoms with van der Waals surface area (Å²) in [4.78, 5) is 19.1. The van der Waals surface area contributed by atoms with Gasteiger partial charge in [-0.15, -0.1) is 0 Å². The molecule has 2 aromatic carbocycles. The minimum Gasteiger partial charge on any atom is -0.378 e. The van der Waals surface area contributed by atoms with Crippen molar-refractivity contribution in [1.82, 2.24) is 4.90 Å². The van der Waals surface area contributed by atoms with Crippen molar-refractivity contribution in [3.8, 4) is 0 Å². The molecule has 0 N–H and O–H groups in total. The maximum atomic E-state index is 14.4. The molecule has 1 atom stereocenters. The van der Waals surface area contributed by atoms with Gasteiger partial charge in [-0.05, 0) is 43.6 Å². The molecule has 162 valence electrons. The molecular weight excluding hydrogens is 372 g/mol. The van der Waals surface area contributed by atoms with Crippen LogP contribution in [0, 0.1) is 0 Å². The van der Waals surface area contributed by atoms with E-state index >= 15 is 0 Å². The summed E-state index contributed by atoms with van der Waals surface area (Å²) in [5, 5.41) is 0. The Labute approximate surface area is 181 Å². The van der Waals surface area contributed by atoms with E-state index in [1.807, 2.05) is 24.3 Å². The van der Waals surface area contributed by atoms with E-state index in [-0.39, 0.29) is 5.78 Å². The number of Topliss-reactive ketones (excluding diaryl/α,β-unsaturated/α-hetero) is 1. The van der Waals surface area contributed by atoms with Crippen molar-refractivity contribution in [3.05, 3.63) is 65.7 Å². The molecule has 1 aliphatic rings. The molecule has 0 aliphatic carbocycles. The number of carbonyl (C=O) groups is 1. The van der Waals surface area contributed by atoms with Crippen LogP contribution in [0.4, 0.5) is 5.69 Å². The van der Waals surface area contributed by atoms with Crippen molar-refractivity contribution < 1.29 is 9.53 Å². The van der Waals surface area contributed by atoms with Gasteiger partial charge in [-0.2, -0.15) is 0 Å². The molecule has 0 saturated carbocycles. The Morgan fingerprint density at radius 1 is 0.967 bits per heavy atom. The molecule has 1 unspecified atom stereocenters. The molecule has 0 radical (unpaired) electrons. The van der Waals surface area contributed by atoms with E-state index in [1.165, 1.54) is 5.56 Å². The Hall–Kier alpha value is -2.17. The summed E-state index contributed by atoms with van der Waals surface area (Å²) in [5.41, 5.74) is 2.57. The lowest BCUT2D eigenvalue weighted by atomic mass is 9.78. The predicted octanol–water partition coefficient (Wildman–Crippen LogP) is 4.83. The number of rotatable bonds is 10. The second kappa shape index (κ2) is 10.7. The number of para-hydroxylation sites is 1. The van der Waals surface area contributed by atoms with Crippen LogP contribution in [0.3, 0.4) is 0 Å². The van der Waals surface area contributed by atoms with E-state index in [4.69, 9.17) is 4.74 Å². The van der Waals surface area contributed by atoms with Crippen LogP contribution in [0.1, 0.15) is 49.5 Å². The molecule has 2 aromatic rings. The molecule has 0 spiro atoms. The van der Waals surface area contributed by atoms with Gasteiger partial charge in [-0.25, -0.2) is 0 Å². The minimum atomic E-state index is -0.540. The molecule has 1 heterocycles. The molecule has 1 aliphatic heterocycles. The summed E-state index contributed by atoms with van der Waals surface area (Å²) in [6, 6.07) is 18.6. The lowest BCUT2D eigenvalue weighted by Crippen LogP contribution is -2.56. The summed E-state index contributed by atoms with van der Waals surface area (Å²) >= 11 is 0. The van der Waals surface area contributed by atoms with Gasteiger partial charge in [0.1, 0.15) is 0 Å². The molecular formula is C26H36N2O2. The smallest absolute Gasteiger partial charge is 0.185 e. The Morgan fingerprint density at radius 2 is 1.60 bits per heavy atom. The summed E-state index contributed by atoms with van der Waals surface area (Å²) in [6.45, 7) is 11.3. The molecule has 30 heavy (non-hydrogen) atoms. The van der Waals surface area contributed by atoms with Crippen LogP contribution in [-0.2, 0) is 11.2 Å². The van der Waals surface area contributed by atoms with Gasteiger partial charge in [0.15, 0.2) is 5.78 Å². The van der Waals surface area contributed by atoms with E-state index in [1.54, 1.807) is 0 Å². The molecule has 4 heteroatoms. The second-order valence-corrected chi connectivity index (χ2v) is 8.06. The number of nitrogens with zero attached hydrogens (tertiary/aromatic N) is 2. The van der Waals surface area contributed by atoms with Crippen LogP contribution in [-0.4, -0.2) is 55.6 Å². The van der Waals surface area contributed by atoms with Crippen LogP contribution in [0.15, 0.2) is 54.6 Å². The van der Waals surface area contributed by atoms with Crippen molar-refractivity contribution in [2.24, 2.45) is 0 Å². The number of hydrogen-bond acceptors (Lipinski definition) is 4. The zero-order valence-corrected chi connectivity index (χ0v) is 18.8. The Morgan fingerprint density at radius 3 is 2.23 bits per heavy atom. The van der Waals surface area contributed by atoms with Gasteiger partial charge >= 0.3 is 0 Å². The van der Waals surface area contributed by atoms with Crippen LogP contribution in [0.5, 0.6) is 0 Å². The normalized spacial score (nSPS) is 16.5. The number of morpholine rings is 1. The third-order valence-corrected chi connectivity index (χ3v) is 6.29. The number of hydrogen-bond donors (Lipinski definition) is 0. The molecule has 1 saturated heterocycles. The number of anilines is 1. The first kappa shape index (κ1) is 22.5. The van der Waals surface area contributed by atoms with Gasteiger partial charge in [-0.1, -0.05) is 69.7 Å². The van der Waals surface area contributed by atoms with Crippen LogP contribution < -0.4 is 4.90 Å². The van der Waals surface area contributed by atoms with Crippen molar-refractivity contribution >= 4 is 11.5 Å². The summed E-state index contributed by atoms with van der Waals surface area (Å²) in [6.07, 6.45) is 2.55. The van der Waals surface area contributed by atoms with Gasteiger partial charge < -0.3 is 9.64 Å². The van der Waals surface area contributed by atoms with Crippen molar-refractivity contribution in [2.75, 3.05) is 44.3 Å². The fraction of sp³-hybridized carbons (Fsp3) is 0.500. The average molecular weight is 409 g/mol. The van der Waals surface area contributed by atoms with E-state index in [0.29, 0.717) is 13.2 Å². The molecule has 0 aromatic heterocycles. The highest BCUT2D eigenvalue weighted by molar-refractivity contribution is 6.07. The van der Waals surface area contributed by atoms with Crippen LogP contribution in [0.2, 0.25) is 0 Å². The van der Waals surface area contributed by atoms with Gasteiger partial charge in [0.2, 0.25) is 0 Å². The minimum absolute atomic E-state index is 0.249. The highest BCUT2D eigenvalue weighted by Gasteiger charge is 2.43. The fourth-order valence-electron chi connectivity index (χ4n) is 4.87. The average Bonchev–Trinajstić information content (AvgIpc) is 2.80. The monoisotopic (exact) mass is 408 g/mol. The first-order chi connectivity index (χ1) is 14.7. The van der Waals surface area contributed by atoms with Crippen molar-refractivity contribution in [1.29, 1.82) is 0 Å². The van der Waals surface area contributed by atoms with Crippen LogP contribution in [0.25, 0.3) is 0 Å². The van der Waals surface area contributed by atoms with Gasteiger partial charge in [-0.3, -0.25) is 9.69 Å². The Bertz CT molecular complexity index is 798. The SMILES string of the molecule is CCCC(Cc1ccccc1)(C(=O)c1ccccc1N1CCOCC1)N(CC)CC. The third-order valence-electron chi connectivity index (χ3n) is 6.29.